The van der Waals surface area contributed by atoms with Gasteiger partial charge in [0.05, 0.1) is 32.7 Å². The number of nitrogens with one attached hydrogen (secondary N) is 2. The van der Waals surface area contributed by atoms with Crippen LogP contribution in [-0.2, 0) is 0 Å². The van der Waals surface area contributed by atoms with Crippen molar-refractivity contribution in [2.24, 2.45) is 0 Å². The maximum Gasteiger partial charge on any atom is 0.323 e. The Morgan fingerprint density at radius 3 is 2.04 bits per heavy atom. The zero-order chi connectivity index (χ0) is 17.7. The highest BCUT2D eigenvalue weighted by Gasteiger charge is 2.15. The zero-order valence-electron chi connectivity index (χ0n) is 13.3. The number of halogens is 2. The molecule has 0 fully saturated rings. The number of carbonyl (C=O) groups excluding carboxylic acids is 1. The van der Waals surface area contributed by atoms with Crippen molar-refractivity contribution in [1.29, 1.82) is 0 Å². The number of urea groups is 1. The van der Waals surface area contributed by atoms with Crippen LogP contribution < -0.4 is 24.8 Å². The molecule has 0 aliphatic rings. The Kier molecular flexibility index (Phi) is 5.41. The Balaban J connectivity index is 2.19. The van der Waals surface area contributed by atoms with Crippen molar-refractivity contribution in [3.63, 3.8) is 0 Å². The third kappa shape index (κ3) is 3.83. The summed E-state index contributed by atoms with van der Waals surface area (Å²) in [5, 5.41) is 4.79. The number of anilines is 2. The number of carbonyl (C=O) groups is 1. The van der Waals surface area contributed by atoms with Gasteiger partial charge in [-0.3, -0.25) is 0 Å². The SMILES string of the molecule is COc1cc(NC(=O)Nc2ccc(F)cc2F)cc(OC)c1OC. The van der Waals surface area contributed by atoms with Crippen LogP contribution in [-0.4, -0.2) is 27.4 Å². The molecule has 0 unspecified atom stereocenters. The van der Waals surface area contributed by atoms with Crippen LogP contribution in [0.2, 0.25) is 0 Å². The molecule has 2 aromatic rings. The Morgan fingerprint density at radius 1 is 0.917 bits per heavy atom. The molecule has 0 aromatic heterocycles. The van der Waals surface area contributed by atoms with E-state index in [-0.39, 0.29) is 5.69 Å². The summed E-state index contributed by atoms with van der Waals surface area (Å²) < 4.78 is 41.9. The van der Waals surface area contributed by atoms with Gasteiger partial charge in [-0.1, -0.05) is 0 Å². The number of amides is 2. The molecule has 0 saturated carbocycles. The van der Waals surface area contributed by atoms with E-state index >= 15 is 0 Å². The quantitative estimate of drug-likeness (QED) is 0.873. The third-order valence-corrected chi connectivity index (χ3v) is 3.10. The lowest BCUT2D eigenvalue weighted by molar-refractivity contribution is 0.262. The molecule has 0 aliphatic heterocycles. The molecular formula is C16H16F2N2O4. The Hall–Kier alpha value is -3.03. The van der Waals surface area contributed by atoms with E-state index in [1.54, 1.807) is 0 Å². The number of methoxy groups -OCH3 is 3. The van der Waals surface area contributed by atoms with Gasteiger partial charge in [0.25, 0.3) is 0 Å². The van der Waals surface area contributed by atoms with E-state index in [0.717, 1.165) is 12.1 Å². The lowest BCUT2D eigenvalue weighted by atomic mass is 10.2. The number of rotatable bonds is 5. The molecule has 24 heavy (non-hydrogen) atoms. The third-order valence-electron chi connectivity index (χ3n) is 3.10. The molecule has 0 atom stereocenters. The minimum absolute atomic E-state index is 0.152. The smallest absolute Gasteiger partial charge is 0.323 e. The van der Waals surface area contributed by atoms with E-state index < -0.39 is 17.7 Å². The lowest BCUT2D eigenvalue weighted by Gasteiger charge is -2.15. The van der Waals surface area contributed by atoms with Gasteiger partial charge in [0, 0.05) is 18.2 Å². The second-order valence-corrected chi connectivity index (χ2v) is 4.62. The first kappa shape index (κ1) is 17.3. The van der Waals surface area contributed by atoms with Gasteiger partial charge in [0.15, 0.2) is 11.5 Å². The zero-order valence-corrected chi connectivity index (χ0v) is 13.3. The number of ether oxygens (including phenoxy) is 3. The van der Waals surface area contributed by atoms with E-state index in [4.69, 9.17) is 14.2 Å². The highest BCUT2D eigenvalue weighted by atomic mass is 19.1. The number of hydrogen-bond donors (Lipinski definition) is 2. The van der Waals surface area contributed by atoms with Crippen LogP contribution in [0.1, 0.15) is 0 Å². The van der Waals surface area contributed by atoms with Crippen molar-refractivity contribution < 1.29 is 27.8 Å². The van der Waals surface area contributed by atoms with Crippen LogP contribution in [0.15, 0.2) is 30.3 Å². The van der Waals surface area contributed by atoms with Crippen molar-refractivity contribution in [3.8, 4) is 17.2 Å². The summed E-state index contributed by atoms with van der Waals surface area (Å²) in [5.74, 6) is -0.547. The van der Waals surface area contributed by atoms with Gasteiger partial charge >= 0.3 is 6.03 Å². The fourth-order valence-electron chi connectivity index (χ4n) is 2.03. The van der Waals surface area contributed by atoms with E-state index in [1.165, 1.54) is 33.5 Å². The molecule has 2 N–H and O–H groups in total. The highest BCUT2D eigenvalue weighted by Crippen LogP contribution is 2.39. The molecule has 0 spiro atoms. The summed E-state index contributed by atoms with van der Waals surface area (Å²) in [6.07, 6.45) is 0. The van der Waals surface area contributed by atoms with Gasteiger partial charge in [-0.15, -0.1) is 0 Å². The molecule has 8 heteroatoms. The van der Waals surface area contributed by atoms with Gasteiger partial charge < -0.3 is 24.8 Å². The molecule has 6 nitrogen and oxygen atoms in total. The maximum atomic E-state index is 13.5. The summed E-state index contributed by atoms with van der Waals surface area (Å²) in [4.78, 5) is 12.0. The maximum absolute atomic E-state index is 13.5. The van der Waals surface area contributed by atoms with Crippen LogP contribution in [0, 0.1) is 11.6 Å². The van der Waals surface area contributed by atoms with Crippen LogP contribution >= 0.6 is 0 Å². The van der Waals surface area contributed by atoms with Gasteiger partial charge in [0.2, 0.25) is 5.75 Å². The van der Waals surface area contributed by atoms with Gasteiger partial charge in [-0.05, 0) is 12.1 Å². The van der Waals surface area contributed by atoms with Crippen molar-refractivity contribution >= 4 is 17.4 Å². The Bertz CT molecular complexity index is 728. The van der Waals surface area contributed by atoms with E-state index in [2.05, 4.69) is 10.6 Å². The number of benzene rings is 2. The first-order chi connectivity index (χ1) is 11.5. The van der Waals surface area contributed by atoms with Gasteiger partial charge in [0.1, 0.15) is 11.6 Å². The fraction of sp³-hybridized carbons (Fsp3) is 0.188. The Labute approximate surface area is 137 Å². The molecule has 0 aliphatic carbocycles. The van der Waals surface area contributed by atoms with Crippen molar-refractivity contribution in [2.75, 3.05) is 32.0 Å². The monoisotopic (exact) mass is 338 g/mol. The predicted octanol–water partition coefficient (Wildman–Crippen LogP) is 3.63. The molecule has 0 bridgehead atoms. The first-order valence-corrected chi connectivity index (χ1v) is 6.81. The normalized spacial score (nSPS) is 10.0. The fourth-order valence-corrected chi connectivity index (χ4v) is 2.03. The van der Waals surface area contributed by atoms with E-state index in [9.17, 15) is 13.6 Å². The largest absolute Gasteiger partial charge is 0.493 e. The average molecular weight is 338 g/mol. The highest BCUT2D eigenvalue weighted by molar-refractivity contribution is 6.00. The second-order valence-electron chi connectivity index (χ2n) is 4.62. The second kappa shape index (κ2) is 7.49. The molecule has 2 amide bonds. The van der Waals surface area contributed by atoms with E-state index in [1.807, 2.05) is 0 Å². The topological polar surface area (TPSA) is 68.8 Å². The average Bonchev–Trinajstić information content (AvgIpc) is 2.56. The molecule has 0 radical (unpaired) electrons. The predicted molar refractivity (Wildman–Crippen MR) is 85.1 cm³/mol. The summed E-state index contributed by atoms with van der Waals surface area (Å²) in [5.41, 5.74) is 0.186. The molecule has 0 saturated heterocycles. The van der Waals surface area contributed by atoms with Crippen LogP contribution in [0.4, 0.5) is 25.0 Å². The van der Waals surface area contributed by atoms with Crippen LogP contribution in [0.25, 0.3) is 0 Å². The van der Waals surface area contributed by atoms with Crippen molar-refractivity contribution in [3.05, 3.63) is 42.0 Å². The standard InChI is InChI=1S/C16H16F2N2O4/c1-22-13-7-10(8-14(23-2)15(13)24-3)19-16(21)20-12-5-4-9(17)6-11(12)18/h4-8H,1-3H3,(H2,19,20,21). The summed E-state index contributed by atoms with van der Waals surface area (Å²) in [6, 6.07) is 5.16. The summed E-state index contributed by atoms with van der Waals surface area (Å²) in [7, 11) is 4.33. The molecule has 128 valence electrons. The van der Waals surface area contributed by atoms with Gasteiger partial charge in [-0.25, -0.2) is 13.6 Å². The van der Waals surface area contributed by atoms with Crippen LogP contribution in [0.5, 0.6) is 17.2 Å². The first-order valence-electron chi connectivity index (χ1n) is 6.81. The molecule has 2 aromatic carbocycles. The Morgan fingerprint density at radius 2 is 1.54 bits per heavy atom. The molecular weight excluding hydrogens is 322 g/mol. The van der Waals surface area contributed by atoms with Crippen molar-refractivity contribution in [1.82, 2.24) is 0 Å². The number of hydrogen-bond acceptors (Lipinski definition) is 4. The van der Waals surface area contributed by atoms with E-state index in [0.29, 0.717) is 29.0 Å². The minimum Gasteiger partial charge on any atom is -0.493 e. The summed E-state index contributed by atoms with van der Waals surface area (Å²) in [6.45, 7) is 0. The minimum atomic E-state index is -0.880. The molecule has 0 heterocycles. The van der Waals surface area contributed by atoms with Crippen LogP contribution in [0.3, 0.4) is 0 Å². The van der Waals surface area contributed by atoms with Crippen molar-refractivity contribution in [2.45, 2.75) is 0 Å². The molecule has 2 rings (SSSR count). The lowest BCUT2D eigenvalue weighted by Crippen LogP contribution is -2.20. The van der Waals surface area contributed by atoms with Gasteiger partial charge in [-0.2, -0.15) is 0 Å². The summed E-state index contributed by atoms with van der Waals surface area (Å²) >= 11 is 0.